The summed E-state index contributed by atoms with van der Waals surface area (Å²) in [6, 6.07) is 17.1. The van der Waals surface area contributed by atoms with E-state index in [0.29, 0.717) is 15.6 Å². The van der Waals surface area contributed by atoms with Crippen LogP contribution in [0.2, 0.25) is 10.0 Å². The van der Waals surface area contributed by atoms with Gasteiger partial charge in [-0.05, 0) is 48.5 Å². The summed E-state index contributed by atoms with van der Waals surface area (Å²) in [6.45, 7) is -0.575. The van der Waals surface area contributed by atoms with E-state index in [2.05, 4.69) is 10.5 Å². The van der Waals surface area contributed by atoms with Crippen LogP contribution in [-0.2, 0) is 14.8 Å². The maximum absolute atomic E-state index is 13.3. The molecule has 31 heavy (non-hydrogen) atoms. The molecule has 6 nitrogen and oxygen atoms in total. The first kappa shape index (κ1) is 22.7. The lowest BCUT2D eigenvalue weighted by molar-refractivity contribution is -0.119. The van der Waals surface area contributed by atoms with Gasteiger partial charge in [0.25, 0.3) is 15.9 Å². The number of hydrogen-bond acceptors (Lipinski definition) is 4. The van der Waals surface area contributed by atoms with Gasteiger partial charge in [-0.3, -0.25) is 9.10 Å². The summed E-state index contributed by atoms with van der Waals surface area (Å²) in [4.78, 5) is 12.4. The SMILES string of the molecule is O=C(CN(c1ccc(F)cc1)S(=O)(=O)c1ccccc1)N/N=C\c1ccc(Cl)cc1Cl. The van der Waals surface area contributed by atoms with Gasteiger partial charge in [0, 0.05) is 10.6 Å². The molecule has 0 spiro atoms. The Hall–Kier alpha value is -2.94. The van der Waals surface area contributed by atoms with Crippen LogP contribution < -0.4 is 9.73 Å². The Bertz CT molecular complexity index is 1200. The van der Waals surface area contributed by atoms with Crippen molar-refractivity contribution < 1.29 is 17.6 Å². The van der Waals surface area contributed by atoms with E-state index in [4.69, 9.17) is 23.2 Å². The minimum absolute atomic E-state index is 0.0106. The number of rotatable bonds is 7. The van der Waals surface area contributed by atoms with Gasteiger partial charge in [-0.25, -0.2) is 18.2 Å². The number of sulfonamides is 1. The van der Waals surface area contributed by atoms with Gasteiger partial charge in [0.1, 0.15) is 12.4 Å². The Morgan fingerprint density at radius 3 is 2.35 bits per heavy atom. The van der Waals surface area contributed by atoms with E-state index in [1.807, 2.05) is 0 Å². The van der Waals surface area contributed by atoms with Crippen molar-refractivity contribution in [2.24, 2.45) is 5.10 Å². The Morgan fingerprint density at radius 2 is 1.71 bits per heavy atom. The number of nitrogens with one attached hydrogen (secondary N) is 1. The molecule has 0 unspecified atom stereocenters. The number of halogens is 3. The predicted octanol–water partition coefficient (Wildman–Crippen LogP) is 4.48. The molecule has 0 saturated carbocycles. The lowest BCUT2D eigenvalue weighted by atomic mass is 10.2. The molecule has 3 rings (SSSR count). The molecule has 0 aliphatic heterocycles. The molecule has 0 bridgehead atoms. The largest absolute Gasteiger partial charge is 0.271 e. The van der Waals surface area contributed by atoms with Crippen LogP contribution in [0.25, 0.3) is 0 Å². The molecule has 0 aliphatic rings. The van der Waals surface area contributed by atoms with Gasteiger partial charge >= 0.3 is 0 Å². The molecule has 0 saturated heterocycles. The predicted molar refractivity (Wildman–Crippen MR) is 120 cm³/mol. The molecule has 10 heteroatoms. The highest BCUT2D eigenvalue weighted by atomic mass is 35.5. The second-order valence-electron chi connectivity index (χ2n) is 6.26. The Labute approximate surface area is 189 Å². The lowest BCUT2D eigenvalue weighted by Gasteiger charge is -2.23. The molecule has 0 radical (unpaired) electrons. The van der Waals surface area contributed by atoms with Crippen molar-refractivity contribution >= 4 is 51.0 Å². The Kier molecular flexibility index (Phi) is 7.27. The number of hydrogen-bond donors (Lipinski definition) is 1. The number of nitrogens with zero attached hydrogens (tertiary/aromatic N) is 2. The summed E-state index contributed by atoms with van der Waals surface area (Å²) < 4.78 is 40.4. The summed E-state index contributed by atoms with van der Waals surface area (Å²) in [5.41, 5.74) is 2.91. The number of carbonyl (C=O) groups is 1. The molecule has 1 N–H and O–H groups in total. The van der Waals surface area contributed by atoms with E-state index in [1.54, 1.807) is 30.3 Å². The fraction of sp³-hybridized carbons (Fsp3) is 0.0476. The second kappa shape index (κ2) is 9.91. The average Bonchev–Trinajstić information content (AvgIpc) is 2.75. The molecular formula is C21H16Cl2FN3O3S. The maximum atomic E-state index is 13.3. The molecule has 0 heterocycles. The van der Waals surface area contributed by atoms with Crippen molar-refractivity contribution in [3.8, 4) is 0 Å². The zero-order valence-corrected chi connectivity index (χ0v) is 18.2. The first-order valence-electron chi connectivity index (χ1n) is 8.88. The van der Waals surface area contributed by atoms with Gasteiger partial charge in [-0.15, -0.1) is 0 Å². The Morgan fingerprint density at radius 1 is 1.03 bits per heavy atom. The molecule has 0 atom stereocenters. The summed E-state index contributed by atoms with van der Waals surface area (Å²) >= 11 is 11.9. The average molecular weight is 480 g/mol. The van der Waals surface area contributed by atoms with Crippen LogP contribution in [0.3, 0.4) is 0 Å². The normalized spacial score (nSPS) is 11.5. The first-order chi connectivity index (χ1) is 14.8. The smallest absolute Gasteiger partial charge is 0.264 e. The number of benzene rings is 3. The van der Waals surface area contributed by atoms with Crippen LogP contribution in [0.5, 0.6) is 0 Å². The van der Waals surface area contributed by atoms with Crippen molar-refractivity contribution in [3.05, 3.63) is 94.2 Å². The fourth-order valence-corrected chi connectivity index (χ4v) is 4.49. The van der Waals surface area contributed by atoms with Crippen molar-refractivity contribution in [1.82, 2.24) is 5.43 Å². The van der Waals surface area contributed by atoms with Gasteiger partial charge in [-0.2, -0.15) is 5.10 Å². The van der Waals surface area contributed by atoms with Crippen LogP contribution in [0.4, 0.5) is 10.1 Å². The second-order valence-corrected chi connectivity index (χ2v) is 8.97. The molecule has 0 aromatic heterocycles. The third kappa shape index (κ3) is 5.81. The molecule has 1 amide bonds. The van der Waals surface area contributed by atoms with E-state index < -0.39 is 28.3 Å². The molecule has 3 aromatic rings. The zero-order valence-electron chi connectivity index (χ0n) is 15.9. The zero-order chi connectivity index (χ0) is 22.4. The van der Waals surface area contributed by atoms with Crippen molar-refractivity contribution in [2.75, 3.05) is 10.8 Å². The standard InChI is InChI=1S/C21H16Cl2FN3O3S/c22-16-7-6-15(20(23)12-16)13-25-26-21(28)14-27(18-10-8-17(24)9-11-18)31(29,30)19-4-2-1-3-5-19/h1-13H,14H2,(H,26,28)/b25-13-. The topological polar surface area (TPSA) is 78.8 Å². The van der Waals surface area contributed by atoms with Gasteiger partial charge in [-0.1, -0.05) is 47.5 Å². The van der Waals surface area contributed by atoms with Gasteiger partial charge in [0.2, 0.25) is 0 Å². The van der Waals surface area contributed by atoms with Crippen molar-refractivity contribution in [1.29, 1.82) is 0 Å². The summed E-state index contributed by atoms with van der Waals surface area (Å²) in [5.74, 6) is -1.24. The maximum Gasteiger partial charge on any atom is 0.264 e. The Balaban J connectivity index is 1.82. The highest BCUT2D eigenvalue weighted by Gasteiger charge is 2.27. The van der Waals surface area contributed by atoms with E-state index in [1.165, 1.54) is 36.5 Å². The van der Waals surface area contributed by atoms with Crippen molar-refractivity contribution in [2.45, 2.75) is 4.90 Å². The highest BCUT2D eigenvalue weighted by Crippen LogP contribution is 2.24. The van der Waals surface area contributed by atoms with Gasteiger partial charge in [0.05, 0.1) is 21.8 Å². The number of hydrazone groups is 1. The van der Waals surface area contributed by atoms with E-state index in [9.17, 15) is 17.6 Å². The number of carbonyl (C=O) groups excluding carboxylic acids is 1. The number of amides is 1. The molecule has 0 fully saturated rings. The van der Waals surface area contributed by atoms with Gasteiger partial charge < -0.3 is 0 Å². The number of anilines is 1. The molecule has 0 aliphatic carbocycles. The quantitative estimate of drug-likeness (QED) is 0.400. The van der Waals surface area contributed by atoms with E-state index in [0.717, 1.165) is 16.4 Å². The third-order valence-corrected chi connectivity index (χ3v) is 6.44. The van der Waals surface area contributed by atoms with E-state index >= 15 is 0 Å². The van der Waals surface area contributed by atoms with Crippen LogP contribution >= 0.6 is 23.2 Å². The van der Waals surface area contributed by atoms with E-state index in [-0.39, 0.29) is 10.6 Å². The summed E-state index contributed by atoms with van der Waals surface area (Å²) in [6.07, 6.45) is 1.31. The monoisotopic (exact) mass is 479 g/mol. The molecule has 3 aromatic carbocycles. The van der Waals surface area contributed by atoms with Crippen LogP contribution in [0, 0.1) is 5.82 Å². The van der Waals surface area contributed by atoms with Crippen LogP contribution in [0.1, 0.15) is 5.56 Å². The fourth-order valence-electron chi connectivity index (χ4n) is 2.59. The lowest BCUT2D eigenvalue weighted by Crippen LogP contribution is -2.39. The summed E-state index contributed by atoms with van der Waals surface area (Å²) in [7, 11) is -4.09. The minimum atomic E-state index is -4.09. The van der Waals surface area contributed by atoms with Crippen LogP contribution in [-0.4, -0.2) is 27.1 Å². The third-order valence-electron chi connectivity index (χ3n) is 4.09. The molecule has 160 valence electrons. The first-order valence-corrected chi connectivity index (χ1v) is 11.1. The molecular weight excluding hydrogens is 464 g/mol. The van der Waals surface area contributed by atoms with Gasteiger partial charge in [0.15, 0.2) is 0 Å². The highest BCUT2D eigenvalue weighted by molar-refractivity contribution is 7.92. The summed E-state index contributed by atoms with van der Waals surface area (Å²) in [5, 5.41) is 4.60. The van der Waals surface area contributed by atoms with Crippen LogP contribution in [0.15, 0.2) is 82.8 Å². The van der Waals surface area contributed by atoms with Crippen molar-refractivity contribution in [3.63, 3.8) is 0 Å². The minimum Gasteiger partial charge on any atom is -0.271 e.